The molecule has 0 saturated carbocycles. The molecule has 4 aromatic rings. The second-order valence-corrected chi connectivity index (χ2v) is 7.26. The van der Waals surface area contributed by atoms with Crippen molar-refractivity contribution in [3.05, 3.63) is 64.6 Å². The van der Waals surface area contributed by atoms with Gasteiger partial charge in [0, 0.05) is 35.9 Å². The summed E-state index contributed by atoms with van der Waals surface area (Å²) in [5, 5.41) is 7.65. The van der Waals surface area contributed by atoms with E-state index in [1.54, 1.807) is 0 Å². The van der Waals surface area contributed by atoms with Crippen molar-refractivity contribution >= 4 is 33.8 Å². The SMILES string of the molecule is CCN(CC)c1ccc(NC(=O)Cn2nc3c4ccc(F)cc4ncn3c2=O)c(C)c1. The quantitative estimate of drug-likeness (QED) is 0.516. The van der Waals surface area contributed by atoms with E-state index in [1.165, 1.54) is 28.9 Å². The minimum absolute atomic E-state index is 0.250. The lowest BCUT2D eigenvalue weighted by Gasteiger charge is -2.22. The lowest BCUT2D eigenvalue weighted by molar-refractivity contribution is -0.117. The Morgan fingerprint density at radius 2 is 1.94 bits per heavy atom. The second kappa shape index (κ2) is 8.17. The van der Waals surface area contributed by atoms with E-state index in [0.717, 1.165) is 29.0 Å². The summed E-state index contributed by atoms with van der Waals surface area (Å²) in [5.41, 5.74) is 2.92. The third-order valence-corrected chi connectivity index (χ3v) is 5.29. The smallest absolute Gasteiger partial charge is 0.352 e. The van der Waals surface area contributed by atoms with E-state index in [9.17, 15) is 14.0 Å². The maximum absolute atomic E-state index is 13.5. The molecule has 31 heavy (non-hydrogen) atoms. The number of aromatic nitrogens is 4. The maximum atomic E-state index is 13.5. The molecule has 0 bridgehead atoms. The Labute approximate surface area is 177 Å². The van der Waals surface area contributed by atoms with Crippen LogP contribution in [0.2, 0.25) is 0 Å². The van der Waals surface area contributed by atoms with E-state index in [2.05, 4.69) is 34.1 Å². The van der Waals surface area contributed by atoms with Crippen LogP contribution in [0.25, 0.3) is 16.6 Å². The van der Waals surface area contributed by atoms with Gasteiger partial charge in [-0.15, -0.1) is 5.10 Å². The van der Waals surface area contributed by atoms with Crippen molar-refractivity contribution in [2.45, 2.75) is 27.3 Å². The maximum Gasteiger partial charge on any atom is 0.352 e. The first-order chi connectivity index (χ1) is 14.9. The lowest BCUT2D eigenvalue weighted by atomic mass is 10.1. The van der Waals surface area contributed by atoms with Gasteiger partial charge in [0.05, 0.1) is 5.52 Å². The Hall–Kier alpha value is -3.75. The summed E-state index contributed by atoms with van der Waals surface area (Å²) in [5.74, 6) is -0.791. The van der Waals surface area contributed by atoms with Crippen LogP contribution < -0.4 is 15.9 Å². The highest BCUT2D eigenvalue weighted by molar-refractivity contribution is 5.92. The minimum Gasteiger partial charge on any atom is -0.372 e. The number of anilines is 2. The molecule has 2 aromatic heterocycles. The number of nitrogens with zero attached hydrogens (tertiary/aromatic N) is 5. The van der Waals surface area contributed by atoms with Gasteiger partial charge in [0.15, 0.2) is 5.65 Å². The fourth-order valence-electron chi connectivity index (χ4n) is 3.63. The van der Waals surface area contributed by atoms with Gasteiger partial charge in [-0.05, 0) is 56.7 Å². The van der Waals surface area contributed by atoms with Crippen LogP contribution in [-0.2, 0) is 11.3 Å². The number of carbonyl (C=O) groups is 1. The van der Waals surface area contributed by atoms with Gasteiger partial charge < -0.3 is 10.2 Å². The number of rotatable bonds is 6. The van der Waals surface area contributed by atoms with Crippen molar-refractivity contribution in [3.8, 4) is 0 Å². The molecule has 0 fully saturated rings. The Kier molecular flexibility index (Phi) is 5.41. The summed E-state index contributed by atoms with van der Waals surface area (Å²) in [6.07, 6.45) is 1.29. The molecule has 0 atom stereocenters. The van der Waals surface area contributed by atoms with Crippen molar-refractivity contribution in [3.63, 3.8) is 0 Å². The number of fused-ring (bicyclic) bond motifs is 3. The van der Waals surface area contributed by atoms with E-state index in [0.29, 0.717) is 22.2 Å². The normalized spacial score (nSPS) is 11.2. The van der Waals surface area contributed by atoms with Crippen LogP contribution in [0.1, 0.15) is 19.4 Å². The predicted octanol–water partition coefficient (Wildman–Crippen LogP) is 2.98. The zero-order chi connectivity index (χ0) is 22.1. The van der Waals surface area contributed by atoms with Crippen molar-refractivity contribution in [2.75, 3.05) is 23.3 Å². The van der Waals surface area contributed by atoms with Crippen molar-refractivity contribution in [1.29, 1.82) is 0 Å². The van der Waals surface area contributed by atoms with Gasteiger partial charge in [-0.25, -0.2) is 23.3 Å². The third-order valence-electron chi connectivity index (χ3n) is 5.29. The van der Waals surface area contributed by atoms with Gasteiger partial charge in [0.1, 0.15) is 18.7 Å². The van der Waals surface area contributed by atoms with E-state index in [-0.39, 0.29) is 12.5 Å². The first kappa shape index (κ1) is 20.5. The first-order valence-electron chi connectivity index (χ1n) is 10.1. The average Bonchev–Trinajstić information content (AvgIpc) is 3.06. The molecule has 1 amide bonds. The Morgan fingerprint density at radius 3 is 2.65 bits per heavy atom. The number of halogens is 1. The van der Waals surface area contributed by atoms with E-state index < -0.39 is 11.5 Å². The number of nitrogens with one attached hydrogen (secondary N) is 1. The highest BCUT2D eigenvalue weighted by Gasteiger charge is 2.15. The largest absolute Gasteiger partial charge is 0.372 e. The van der Waals surface area contributed by atoms with Crippen molar-refractivity contribution < 1.29 is 9.18 Å². The van der Waals surface area contributed by atoms with Crippen LogP contribution in [0.3, 0.4) is 0 Å². The van der Waals surface area contributed by atoms with Gasteiger partial charge in [0.25, 0.3) is 0 Å². The van der Waals surface area contributed by atoms with Gasteiger partial charge in [-0.1, -0.05) is 0 Å². The Balaban J connectivity index is 1.58. The summed E-state index contributed by atoms with van der Waals surface area (Å²) in [6.45, 7) is 7.66. The van der Waals surface area contributed by atoms with Crippen LogP contribution in [0.5, 0.6) is 0 Å². The molecule has 8 nitrogen and oxygen atoms in total. The number of carbonyl (C=O) groups excluding carboxylic acids is 1. The molecule has 0 saturated heterocycles. The summed E-state index contributed by atoms with van der Waals surface area (Å²) in [4.78, 5) is 31.6. The monoisotopic (exact) mass is 422 g/mol. The molecule has 0 aliphatic carbocycles. The molecule has 0 spiro atoms. The molecule has 9 heteroatoms. The second-order valence-electron chi connectivity index (χ2n) is 7.26. The number of amides is 1. The Morgan fingerprint density at radius 1 is 1.16 bits per heavy atom. The van der Waals surface area contributed by atoms with Gasteiger partial charge in [-0.2, -0.15) is 0 Å². The zero-order valence-electron chi connectivity index (χ0n) is 17.6. The van der Waals surface area contributed by atoms with Crippen molar-refractivity contribution in [2.24, 2.45) is 0 Å². The van der Waals surface area contributed by atoms with Gasteiger partial charge in [0.2, 0.25) is 5.91 Å². The van der Waals surface area contributed by atoms with Crippen molar-refractivity contribution in [1.82, 2.24) is 19.2 Å². The third kappa shape index (κ3) is 3.86. The van der Waals surface area contributed by atoms with Gasteiger partial charge >= 0.3 is 5.69 Å². The summed E-state index contributed by atoms with van der Waals surface area (Å²) < 4.78 is 15.8. The highest BCUT2D eigenvalue weighted by atomic mass is 19.1. The van der Waals surface area contributed by atoms with Crippen LogP contribution in [0.4, 0.5) is 15.8 Å². The molecule has 0 aliphatic heterocycles. The molecule has 160 valence electrons. The first-order valence-corrected chi connectivity index (χ1v) is 10.1. The van der Waals surface area contributed by atoms with E-state index >= 15 is 0 Å². The molecule has 2 aromatic carbocycles. The molecular formula is C22H23FN6O2. The summed E-state index contributed by atoms with van der Waals surface area (Å²) >= 11 is 0. The molecular weight excluding hydrogens is 399 g/mol. The Bertz CT molecular complexity index is 1340. The number of hydrogen-bond acceptors (Lipinski definition) is 5. The molecule has 0 radical (unpaired) electrons. The van der Waals surface area contributed by atoms with E-state index in [1.807, 2.05) is 25.1 Å². The van der Waals surface area contributed by atoms with Crippen LogP contribution in [-0.4, -0.2) is 38.2 Å². The highest BCUT2D eigenvalue weighted by Crippen LogP contribution is 2.23. The molecule has 0 aliphatic rings. The topological polar surface area (TPSA) is 84.5 Å². The van der Waals surface area contributed by atoms with Crippen LogP contribution in [0.15, 0.2) is 47.5 Å². The fraction of sp³-hybridized carbons (Fsp3) is 0.273. The standard InChI is InChI=1S/C22H23FN6O2/c1-4-27(5-2)16-7-9-18(14(3)10-16)25-20(30)12-29-22(31)28-13-24-19-11-15(23)6-8-17(19)21(28)26-29/h6-11,13H,4-5,12H2,1-3H3,(H,25,30). The minimum atomic E-state index is -0.488. The number of hydrogen-bond donors (Lipinski definition) is 1. The van der Waals surface area contributed by atoms with Crippen LogP contribution >= 0.6 is 0 Å². The fourth-order valence-corrected chi connectivity index (χ4v) is 3.63. The van der Waals surface area contributed by atoms with Crippen LogP contribution in [0, 0.1) is 12.7 Å². The lowest BCUT2D eigenvalue weighted by Crippen LogP contribution is -2.28. The van der Waals surface area contributed by atoms with E-state index in [4.69, 9.17) is 0 Å². The number of benzene rings is 2. The molecule has 0 unspecified atom stereocenters. The summed E-state index contributed by atoms with van der Waals surface area (Å²) in [6, 6.07) is 9.92. The summed E-state index contributed by atoms with van der Waals surface area (Å²) in [7, 11) is 0. The molecule has 1 N–H and O–H groups in total. The zero-order valence-corrected chi connectivity index (χ0v) is 17.6. The molecule has 2 heterocycles. The van der Waals surface area contributed by atoms with Gasteiger partial charge in [-0.3, -0.25) is 4.79 Å². The predicted molar refractivity (Wildman–Crippen MR) is 118 cm³/mol. The number of aryl methyl sites for hydroxylation is 1. The average molecular weight is 422 g/mol. The molecule has 4 rings (SSSR count).